The molecular weight excluding hydrogens is 224 g/mol. The van der Waals surface area contributed by atoms with Crippen LogP contribution in [0.15, 0.2) is 9.95 Å². The molecule has 0 amide bonds. The minimum Gasteiger partial charge on any atom is -0.316 e. The molecule has 2 rings (SSSR count). The van der Waals surface area contributed by atoms with E-state index < -0.39 is 0 Å². The van der Waals surface area contributed by atoms with Crippen LogP contribution in [0, 0.1) is 5.92 Å². The van der Waals surface area contributed by atoms with Gasteiger partial charge < -0.3 is 5.32 Å². The number of H-pyrrole nitrogens is 1. The third-order valence-electron chi connectivity index (χ3n) is 2.89. The second-order valence-corrected chi connectivity index (χ2v) is 5.07. The van der Waals surface area contributed by atoms with Crippen LogP contribution >= 0.6 is 11.8 Å². The molecule has 0 spiro atoms. The van der Waals surface area contributed by atoms with Crippen molar-refractivity contribution in [3.05, 3.63) is 10.5 Å². The number of nitrogens with zero attached hydrogens (tertiary/aromatic N) is 2. The molecule has 0 saturated carbocycles. The van der Waals surface area contributed by atoms with E-state index in [0.717, 1.165) is 24.0 Å². The average Bonchev–Trinajstić information content (AvgIpc) is 2.68. The number of aromatic nitrogens is 3. The van der Waals surface area contributed by atoms with Gasteiger partial charge in [-0.1, -0.05) is 11.8 Å². The molecule has 5 nitrogen and oxygen atoms in total. The first-order chi connectivity index (χ1) is 7.81. The number of hydrogen-bond donors (Lipinski definition) is 2. The highest BCUT2D eigenvalue weighted by atomic mass is 32.2. The molecular formula is C10H18N4OS. The van der Waals surface area contributed by atoms with Crippen molar-refractivity contribution < 1.29 is 0 Å². The van der Waals surface area contributed by atoms with E-state index in [9.17, 15) is 4.79 Å². The fourth-order valence-corrected chi connectivity index (χ4v) is 3.10. The Morgan fingerprint density at radius 1 is 1.62 bits per heavy atom. The Hall–Kier alpha value is -0.750. The van der Waals surface area contributed by atoms with Gasteiger partial charge in [0, 0.05) is 12.3 Å². The summed E-state index contributed by atoms with van der Waals surface area (Å²) < 4.78 is 1.68. The molecule has 1 aliphatic rings. The maximum absolute atomic E-state index is 11.3. The number of rotatable bonds is 4. The zero-order valence-electron chi connectivity index (χ0n) is 9.53. The minimum atomic E-state index is -0.105. The number of hydrogen-bond acceptors (Lipinski definition) is 4. The first-order valence-electron chi connectivity index (χ1n) is 5.80. The van der Waals surface area contributed by atoms with Crippen LogP contribution < -0.4 is 11.0 Å². The molecule has 1 aromatic heterocycles. The van der Waals surface area contributed by atoms with Crippen molar-refractivity contribution in [2.75, 3.05) is 18.8 Å². The summed E-state index contributed by atoms with van der Waals surface area (Å²) in [6.45, 7) is 4.88. The highest BCUT2D eigenvalue weighted by molar-refractivity contribution is 7.99. The van der Waals surface area contributed by atoms with Crippen molar-refractivity contribution in [1.82, 2.24) is 20.1 Å². The Kier molecular flexibility index (Phi) is 4.06. The standard InChI is InChI=1S/C10H18N4OS/c1-2-14-9(15)12-13-10(14)16-7-8-4-3-5-11-6-8/h8,11H,2-7H2,1H3,(H,12,15). The number of aromatic amines is 1. The summed E-state index contributed by atoms with van der Waals surface area (Å²) in [4.78, 5) is 11.3. The summed E-state index contributed by atoms with van der Waals surface area (Å²) in [6, 6.07) is 0. The predicted octanol–water partition coefficient (Wildman–Crippen LogP) is 0.683. The Morgan fingerprint density at radius 2 is 2.50 bits per heavy atom. The van der Waals surface area contributed by atoms with E-state index in [2.05, 4.69) is 15.5 Å². The Balaban J connectivity index is 1.90. The Labute approximate surface area is 99.0 Å². The summed E-state index contributed by atoms with van der Waals surface area (Å²) in [5.41, 5.74) is -0.105. The van der Waals surface area contributed by atoms with Gasteiger partial charge in [-0.15, -0.1) is 5.10 Å². The van der Waals surface area contributed by atoms with Crippen LogP contribution in [-0.2, 0) is 6.54 Å². The zero-order valence-corrected chi connectivity index (χ0v) is 10.3. The van der Waals surface area contributed by atoms with Crippen molar-refractivity contribution in [2.45, 2.75) is 31.5 Å². The molecule has 1 fully saturated rings. The fraction of sp³-hybridized carbons (Fsp3) is 0.800. The maximum atomic E-state index is 11.3. The summed E-state index contributed by atoms with van der Waals surface area (Å²) in [5.74, 6) is 1.74. The zero-order chi connectivity index (χ0) is 11.4. The van der Waals surface area contributed by atoms with E-state index in [1.807, 2.05) is 6.92 Å². The predicted molar refractivity (Wildman–Crippen MR) is 64.8 cm³/mol. The first-order valence-corrected chi connectivity index (χ1v) is 6.78. The van der Waals surface area contributed by atoms with Crippen molar-refractivity contribution in [3.63, 3.8) is 0 Å². The number of nitrogens with one attached hydrogen (secondary N) is 2. The smallest absolute Gasteiger partial charge is 0.316 e. The lowest BCUT2D eigenvalue weighted by Gasteiger charge is -2.21. The molecule has 0 bridgehead atoms. The van der Waals surface area contributed by atoms with Gasteiger partial charge in [0.25, 0.3) is 0 Å². The van der Waals surface area contributed by atoms with Crippen molar-refractivity contribution in [1.29, 1.82) is 0 Å². The van der Waals surface area contributed by atoms with Crippen LogP contribution in [0.3, 0.4) is 0 Å². The van der Waals surface area contributed by atoms with E-state index in [1.54, 1.807) is 16.3 Å². The molecule has 0 aromatic carbocycles. The SMILES string of the molecule is CCn1c(SCC2CCCNC2)n[nH]c1=O. The molecule has 2 N–H and O–H groups in total. The van der Waals surface area contributed by atoms with E-state index in [4.69, 9.17) is 0 Å². The Morgan fingerprint density at radius 3 is 3.19 bits per heavy atom. The highest BCUT2D eigenvalue weighted by Crippen LogP contribution is 2.21. The molecule has 1 unspecified atom stereocenters. The Bertz CT molecular complexity index is 380. The van der Waals surface area contributed by atoms with E-state index in [1.165, 1.54) is 12.8 Å². The molecule has 0 aliphatic carbocycles. The second-order valence-electron chi connectivity index (χ2n) is 4.08. The molecule has 1 saturated heterocycles. The van der Waals surface area contributed by atoms with Gasteiger partial charge >= 0.3 is 5.69 Å². The third-order valence-corrected chi connectivity index (χ3v) is 4.09. The van der Waals surface area contributed by atoms with Crippen LogP contribution in [0.25, 0.3) is 0 Å². The van der Waals surface area contributed by atoms with E-state index in [-0.39, 0.29) is 5.69 Å². The largest absolute Gasteiger partial charge is 0.343 e. The summed E-state index contributed by atoms with van der Waals surface area (Å²) in [7, 11) is 0. The van der Waals surface area contributed by atoms with Gasteiger partial charge in [-0.3, -0.25) is 4.57 Å². The normalized spacial score (nSPS) is 21.2. The summed E-state index contributed by atoms with van der Waals surface area (Å²) in [6.07, 6.45) is 2.53. The fourth-order valence-electron chi connectivity index (χ4n) is 1.95. The number of piperidine rings is 1. The van der Waals surface area contributed by atoms with Crippen LogP contribution in [0.2, 0.25) is 0 Å². The lowest BCUT2D eigenvalue weighted by molar-refractivity contribution is 0.410. The molecule has 2 heterocycles. The van der Waals surface area contributed by atoms with Gasteiger partial charge in [0.1, 0.15) is 0 Å². The van der Waals surface area contributed by atoms with Crippen molar-refractivity contribution in [2.24, 2.45) is 5.92 Å². The lowest BCUT2D eigenvalue weighted by atomic mass is 10.0. The van der Waals surface area contributed by atoms with Crippen LogP contribution in [0.4, 0.5) is 0 Å². The van der Waals surface area contributed by atoms with Crippen molar-refractivity contribution in [3.8, 4) is 0 Å². The second kappa shape index (κ2) is 5.54. The van der Waals surface area contributed by atoms with Gasteiger partial charge in [-0.25, -0.2) is 9.89 Å². The average molecular weight is 242 g/mol. The molecule has 16 heavy (non-hydrogen) atoms. The monoisotopic (exact) mass is 242 g/mol. The molecule has 1 atom stereocenters. The topological polar surface area (TPSA) is 62.7 Å². The van der Waals surface area contributed by atoms with E-state index >= 15 is 0 Å². The number of thioether (sulfide) groups is 1. The van der Waals surface area contributed by atoms with Crippen LogP contribution in [0.1, 0.15) is 19.8 Å². The third kappa shape index (κ3) is 2.68. The van der Waals surface area contributed by atoms with Crippen LogP contribution in [0.5, 0.6) is 0 Å². The molecule has 90 valence electrons. The molecule has 1 aromatic rings. The van der Waals surface area contributed by atoms with Gasteiger partial charge in [-0.2, -0.15) is 0 Å². The highest BCUT2D eigenvalue weighted by Gasteiger charge is 2.15. The minimum absolute atomic E-state index is 0.105. The summed E-state index contributed by atoms with van der Waals surface area (Å²) in [5, 5.41) is 10.7. The van der Waals surface area contributed by atoms with Crippen molar-refractivity contribution >= 4 is 11.8 Å². The lowest BCUT2D eigenvalue weighted by Crippen LogP contribution is -2.31. The van der Waals surface area contributed by atoms with Gasteiger partial charge in [0.05, 0.1) is 0 Å². The van der Waals surface area contributed by atoms with Gasteiger partial charge in [0.2, 0.25) is 0 Å². The molecule has 1 aliphatic heterocycles. The summed E-state index contributed by atoms with van der Waals surface area (Å²) >= 11 is 1.68. The van der Waals surface area contributed by atoms with Gasteiger partial charge in [-0.05, 0) is 38.8 Å². The van der Waals surface area contributed by atoms with E-state index in [0.29, 0.717) is 12.5 Å². The molecule has 0 radical (unpaired) electrons. The van der Waals surface area contributed by atoms with Gasteiger partial charge in [0.15, 0.2) is 5.16 Å². The maximum Gasteiger partial charge on any atom is 0.343 e. The first kappa shape index (κ1) is 11.7. The van der Waals surface area contributed by atoms with Crippen LogP contribution in [-0.4, -0.2) is 33.6 Å². The quantitative estimate of drug-likeness (QED) is 0.762. The molecule has 6 heteroatoms.